The van der Waals surface area contributed by atoms with Crippen LogP contribution >= 0.6 is 0 Å². The SMILES string of the molecule is CC(C)(C)OC(=O)NO.OCCO. The number of rotatable bonds is 1. The molecule has 4 N–H and O–H groups in total. The summed E-state index contributed by atoms with van der Waals surface area (Å²) in [5.41, 5.74) is 0.812. The summed E-state index contributed by atoms with van der Waals surface area (Å²) in [6.45, 7) is 4.88. The molecule has 0 aliphatic rings. The van der Waals surface area contributed by atoms with Gasteiger partial charge in [-0.25, -0.2) is 10.3 Å². The van der Waals surface area contributed by atoms with Gasteiger partial charge >= 0.3 is 6.09 Å². The van der Waals surface area contributed by atoms with Crippen molar-refractivity contribution in [1.82, 2.24) is 5.48 Å². The summed E-state index contributed by atoms with van der Waals surface area (Å²) < 4.78 is 4.59. The van der Waals surface area contributed by atoms with Crippen molar-refractivity contribution in [1.29, 1.82) is 0 Å². The fraction of sp³-hybridized carbons (Fsp3) is 0.857. The number of aliphatic hydroxyl groups excluding tert-OH is 2. The molecule has 6 heteroatoms. The number of ether oxygens (including phenoxy) is 1. The average molecular weight is 195 g/mol. The van der Waals surface area contributed by atoms with Gasteiger partial charge in [0.15, 0.2) is 0 Å². The topological polar surface area (TPSA) is 99.0 Å². The Bertz CT molecular complexity index is 129. The zero-order valence-corrected chi connectivity index (χ0v) is 8.07. The number of carbonyl (C=O) groups is 1. The molecule has 0 bridgehead atoms. The fourth-order valence-corrected chi connectivity index (χ4v) is 0.301. The summed E-state index contributed by atoms with van der Waals surface area (Å²) in [6, 6.07) is 0. The van der Waals surface area contributed by atoms with Crippen LogP contribution in [0.3, 0.4) is 0 Å². The van der Waals surface area contributed by atoms with Crippen LogP contribution in [0.2, 0.25) is 0 Å². The first-order valence-electron chi connectivity index (χ1n) is 3.72. The lowest BCUT2D eigenvalue weighted by Gasteiger charge is -2.17. The van der Waals surface area contributed by atoms with Gasteiger partial charge in [-0.05, 0) is 20.8 Å². The summed E-state index contributed by atoms with van der Waals surface area (Å²) in [7, 11) is 0. The molecule has 0 saturated heterocycles. The molecule has 0 aliphatic heterocycles. The monoisotopic (exact) mass is 195 g/mol. The van der Waals surface area contributed by atoms with E-state index in [1.165, 1.54) is 5.48 Å². The molecule has 0 aliphatic carbocycles. The van der Waals surface area contributed by atoms with E-state index in [9.17, 15) is 4.79 Å². The van der Waals surface area contributed by atoms with Crippen LogP contribution in [0.15, 0.2) is 0 Å². The lowest BCUT2D eigenvalue weighted by Crippen LogP contribution is -2.30. The van der Waals surface area contributed by atoms with Crippen LogP contribution in [0.25, 0.3) is 0 Å². The number of carbonyl (C=O) groups excluding carboxylic acids is 1. The van der Waals surface area contributed by atoms with Gasteiger partial charge in [0, 0.05) is 0 Å². The molecule has 0 spiro atoms. The van der Waals surface area contributed by atoms with E-state index in [0.717, 1.165) is 0 Å². The Kier molecular flexibility index (Phi) is 8.78. The predicted octanol–water partition coefficient (Wildman–Crippen LogP) is -0.129. The highest BCUT2D eigenvalue weighted by molar-refractivity contribution is 5.65. The van der Waals surface area contributed by atoms with Crippen molar-refractivity contribution in [2.75, 3.05) is 13.2 Å². The van der Waals surface area contributed by atoms with Crippen molar-refractivity contribution in [3.05, 3.63) is 0 Å². The van der Waals surface area contributed by atoms with Gasteiger partial charge in [0.25, 0.3) is 0 Å². The minimum atomic E-state index is -0.831. The van der Waals surface area contributed by atoms with E-state index in [4.69, 9.17) is 15.4 Å². The van der Waals surface area contributed by atoms with E-state index >= 15 is 0 Å². The number of hydroxylamine groups is 1. The molecule has 6 nitrogen and oxygen atoms in total. The zero-order chi connectivity index (χ0) is 10.9. The molecule has 0 fully saturated rings. The van der Waals surface area contributed by atoms with Crippen LogP contribution in [0.5, 0.6) is 0 Å². The van der Waals surface area contributed by atoms with Gasteiger partial charge in [-0.3, -0.25) is 5.21 Å². The van der Waals surface area contributed by atoms with Gasteiger partial charge in [0.05, 0.1) is 13.2 Å². The van der Waals surface area contributed by atoms with Crippen molar-refractivity contribution in [2.45, 2.75) is 26.4 Å². The highest BCUT2D eigenvalue weighted by Gasteiger charge is 2.14. The Morgan fingerprint density at radius 2 is 1.69 bits per heavy atom. The van der Waals surface area contributed by atoms with Crippen LogP contribution in [-0.4, -0.2) is 40.3 Å². The van der Waals surface area contributed by atoms with E-state index < -0.39 is 11.7 Å². The molecular formula is C7H17NO5. The first kappa shape index (κ1) is 14.7. The van der Waals surface area contributed by atoms with E-state index in [0.29, 0.717) is 0 Å². The quantitative estimate of drug-likeness (QED) is 0.345. The van der Waals surface area contributed by atoms with Crippen LogP contribution in [0.4, 0.5) is 4.79 Å². The van der Waals surface area contributed by atoms with E-state index in [-0.39, 0.29) is 13.2 Å². The predicted molar refractivity (Wildman–Crippen MR) is 45.3 cm³/mol. The molecule has 0 saturated carbocycles. The Labute approximate surface area is 77.1 Å². The third-order valence-corrected chi connectivity index (χ3v) is 0.590. The van der Waals surface area contributed by atoms with Crippen LogP contribution in [0.1, 0.15) is 20.8 Å². The minimum absolute atomic E-state index is 0.125. The van der Waals surface area contributed by atoms with Crippen molar-refractivity contribution in [2.24, 2.45) is 0 Å². The minimum Gasteiger partial charge on any atom is -0.442 e. The highest BCUT2D eigenvalue weighted by Crippen LogP contribution is 2.05. The molecule has 0 rings (SSSR count). The molecule has 13 heavy (non-hydrogen) atoms. The fourth-order valence-electron chi connectivity index (χ4n) is 0.301. The highest BCUT2D eigenvalue weighted by atomic mass is 16.6. The summed E-state index contributed by atoms with van der Waals surface area (Å²) >= 11 is 0. The lowest BCUT2D eigenvalue weighted by molar-refractivity contribution is 0.0229. The third kappa shape index (κ3) is 18.3. The maximum atomic E-state index is 10.2. The van der Waals surface area contributed by atoms with E-state index in [1.54, 1.807) is 20.8 Å². The largest absolute Gasteiger partial charge is 0.442 e. The summed E-state index contributed by atoms with van der Waals surface area (Å²) in [6.07, 6.45) is -0.831. The smallest absolute Gasteiger partial charge is 0.431 e. The molecule has 0 aromatic heterocycles. The summed E-state index contributed by atoms with van der Waals surface area (Å²) in [4.78, 5) is 10.2. The van der Waals surface area contributed by atoms with Crippen molar-refractivity contribution < 1.29 is 25.0 Å². The van der Waals surface area contributed by atoms with Gasteiger partial charge in [-0.15, -0.1) is 0 Å². The molecule has 0 atom stereocenters. The van der Waals surface area contributed by atoms with E-state index in [1.807, 2.05) is 0 Å². The second-order valence-electron chi connectivity index (χ2n) is 3.06. The molecule has 0 aromatic rings. The first-order chi connectivity index (χ1) is 5.87. The van der Waals surface area contributed by atoms with Gasteiger partial charge in [0.1, 0.15) is 5.60 Å². The normalized spacial score (nSPS) is 9.69. The van der Waals surface area contributed by atoms with Crippen molar-refractivity contribution in [3.8, 4) is 0 Å². The molecule has 0 unspecified atom stereocenters. The summed E-state index contributed by atoms with van der Waals surface area (Å²) in [5, 5.41) is 23.2. The number of hydrogen-bond acceptors (Lipinski definition) is 5. The molecule has 0 heterocycles. The van der Waals surface area contributed by atoms with Gasteiger partial charge < -0.3 is 14.9 Å². The Hall–Kier alpha value is -0.850. The average Bonchev–Trinajstić information content (AvgIpc) is 2.02. The zero-order valence-electron chi connectivity index (χ0n) is 8.07. The van der Waals surface area contributed by atoms with Crippen LogP contribution in [-0.2, 0) is 4.74 Å². The van der Waals surface area contributed by atoms with Gasteiger partial charge in [-0.1, -0.05) is 0 Å². The van der Waals surface area contributed by atoms with Gasteiger partial charge in [-0.2, -0.15) is 0 Å². The first-order valence-corrected chi connectivity index (χ1v) is 3.72. The molecule has 80 valence electrons. The third-order valence-electron chi connectivity index (χ3n) is 0.590. The number of hydrogen-bond donors (Lipinski definition) is 4. The lowest BCUT2D eigenvalue weighted by atomic mass is 10.2. The van der Waals surface area contributed by atoms with Crippen molar-refractivity contribution in [3.63, 3.8) is 0 Å². The van der Waals surface area contributed by atoms with E-state index in [2.05, 4.69) is 4.74 Å². The second-order valence-corrected chi connectivity index (χ2v) is 3.06. The molecule has 0 aromatic carbocycles. The number of aliphatic hydroxyl groups is 2. The van der Waals surface area contributed by atoms with Crippen LogP contribution in [0, 0.1) is 0 Å². The number of nitrogens with one attached hydrogen (secondary N) is 1. The van der Waals surface area contributed by atoms with Crippen LogP contribution < -0.4 is 5.48 Å². The molecular weight excluding hydrogens is 178 g/mol. The summed E-state index contributed by atoms with van der Waals surface area (Å²) in [5.74, 6) is 0. The molecule has 1 amide bonds. The second kappa shape index (κ2) is 7.78. The maximum absolute atomic E-state index is 10.2. The van der Waals surface area contributed by atoms with Gasteiger partial charge in [0.2, 0.25) is 0 Å². The maximum Gasteiger partial charge on any atom is 0.431 e. The number of amides is 1. The Morgan fingerprint density at radius 1 is 1.31 bits per heavy atom. The van der Waals surface area contributed by atoms with Crippen molar-refractivity contribution >= 4 is 6.09 Å². The standard InChI is InChI=1S/C5H11NO3.C2H6O2/c1-5(2,3)9-4(7)6-8;3-1-2-4/h8H,1-3H3,(H,6,7);3-4H,1-2H2. The Balaban J connectivity index is 0. The molecule has 0 radical (unpaired) electrons. The Morgan fingerprint density at radius 3 is 1.77 bits per heavy atom.